The molecule has 0 atom stereocenters. The van der Waals surface area contributed by atoms with E-state index in [0.29, 0.717) is 28.3 Å². The van der Waals surface area contributed by atoms with Gasteiger partial charge in [0.15, 0.2) is 5.82 Å². The quantitative estimate of drug-likeness (QED) is 0.773. The van der Waals surface area contributed by atoms with Gasteiger partial charge in [0.1, 0.15) is 5.82 Å². The highest BCUT2D eigenvalue weighted by Crippen LogP contribution is 2.24. The van der Waals surface area contributed by atoms with Gasteiger partial charge in [-0.3, -0.25) is 0 Å². The molecule has 3 nitrogen and oxygen atoms in total. The molecule has 2 rings (SSSR count). The molecule has 0 N–H and O–H groups in total. The summed E-state index contributed by atoms with van der Waals surface area (Å²) in [5, 5.41) is 3.90. The van der Waals surface area contributed by atoms with Gasteiger partial charge in [-0.05, 0) is 18.1 Å². The van der Waals surface area contributed by atoms with Crippen LogP contribution in [-0.4, -0.2) is 10.1 Å². The van der Waals surface area contributed by atoms with Gasteiger partial charge in [-0.2, -0.15) is 4.98 Å². The number of hydrogen-bond acceptors (Lipinski definition) is 4. The topological polar surface area (TPSA) is 38.9 Å². The van der Waals surface area contributed by atoms with E-state index >= 15 is 0 Å². The minimum absolute atomic E-state index is 0.218. The van der Waals surface area contributed by atoms with Crippen molar-refractivity contribution in [2.75, 3.05) is 0 Å². The molecule has 18 heavy (non-hydrogen) atoms. The normalized spacial score (nSPS) is 11.1. The highest BCUT2D eigenvalue weighted by atomic mass is 32.2. The fourth-order valence-corrected chi connectivity index (χ4v) is 2.28. The Morgan fingerprint density at radius 3 is 2.83 bits per heavy atom. The first-order chi connectivity index (χ1) is 8.65. The zero-order chi connectivity index (χ0) is 13.0. The van der Waals surface area contributed by atoms with Crippen molar-refractivity contribution in [2.45, 2.75) is 30.9 Å². The molecule has 0 spiro atoms. The van der Waals surface area contributed by atoms with Gasteiger partial charge < -0.3 is 4.52 Å². The Kier molecular flexibility index (Phi) is 4.36. The second kappa shape index (κ2) is 6.00. The number of hydrogen-bond donors (Lipinski definition) is 0. The molecule has 0 unspecified atom stereocenters. The highest BCUT2D eigenvalue weighted by Gasteiger charge is 2.09. The number of halogens is 1. The largest absolute Gasteiger partial charge is 0.338 e. The molecule has 0 saturated heterocycles. The number of nitrogens with zero attached hydrogens (tertiary/aromatic N) is 2. The molecule has 1 aromatic heterocycles. The fourth-order valence-electron chi connectivity index (χ4n) is 1.50. The van der Waals surface area contributed by atoms with Crippen LogP contribution >= 0.6 is 11.8 Å². The monoisotopic (exact) mass is 266 g/mol. The van der Waals surface area contributed by atoms with Crippen LogP contribution in [0.5, 0.6) is 0 Å². The Hall–Kier alpha value is -1.36. The van der Waals surface area contributed by atoms with E-state index in [1.54, 1.807) is 12.1 Å². The van der Waals surface area contributed by atoms with E-state index in [1.165, 1.54) is 17.8 Å². The van der Waals surface area contributed by atoms with E-state index in [9.17, 15) is 4.39 Å². The molecule has 0 aliphatic heterocycles. The summed E-state index contributed by atoms with van der Waals surface area (Å²) in [6.45, 7) is 4.20. The molecule has 0 radical (unpaired) electrons. The molecule has 0 aliphatic carbocycles. The Labute approximate surface area is 110 Å². The Morgan fingerprint density at radius 2 is 2.11 bits per heavy atom. The zero-order valence-electron chi connectivity index (χ0n) is 10.4. The molecule has 1 aromatic carbocycles. The molecule has 1 heterocycles. The molecular formula is C13H15FN2OS. The molecule has 0 saturated carbocycles. The summed E-state index contributed by atoms with van der Waals surface area (Å²) in [6, 6.07) is 6.67. The molecular weight excluding hydrogens is 251 g/mol. The Morgan fingerprint density at radius 1 is 1.33 bits per heavy atom. The van der Waals surface area contributed by atoms with Gasteiger partial charge >= 0.3 is 0 Å². The van der Waals surface area contributed by atoms with Crippen LogP contribution in [0, 0.1) is 11.7 Å². The molecule has 5 heteroatoms. The first-order valence-electron chi connectivity index (χ1n) is 5.84. The summed E-state index contributed by atoms with van der Waals surface area (Å²) >= 11 is 1.36. The van der Waals surface area contributed by atoms with Gasteiger partial charge in [0, 0.05) is 11.3 Å². The average molecular weight is 266 g/mol. The summed E-state index contributed by atoms with van der Waals surface area (Å²) in [5.74, 6) is 2.03. The van der Waals surface area contributed by atoms with Crippen LogP contribution in [0.25, 0.3) is 0 Å². The molecule has 0 fully saturated rings. The number of benzene rings is 1. The van der Waals surface area contributed by atoms with E-state index in [0.717, 1.165) is 6.42 Å². The molecule has 0 bridgehead atoms. The van der Waals surface area contributed by atoms with Gasteiger partial charge in [-0.1, -0.05) is 31.1 Å². The lowest BCUT2D eigenvalue weighted by Gasteiger charge is -1.99. The summed E-state index contributed by atoms with van der Waals surface area (Å²) in [7, 11) is 0. The van der Waals surface area contributed by atoms with Crippen molar-refractivity contribution in [1.82, 2.24) is 10.1 Å². The second-order valence-corrected chi connectivity index (χ2v) is 5.44. The third-order valence-electron chi connectivity index (χ3n) is 2.29. The average Bonchev–Trinajstić information content (AvgIpc) is 2.75. The Balaban J connectivity index is 1.94. The highest BCUT2D eigenvalue weighted by molar-refractivity contribution is 7.98. The van der Waals surface area contributed by atoms with Crippen molar-refractivity contribution in [3.05, 3.63) is 41.8 Å². The first kappa shape index (κ1) is 13.1. The third kappa shape index (κ3) is 3.57. The van der Waals surface area contributed by atoms with Crippen LogP contribution in [0.3, 0.4) is 0 Å². The lowest BCUT2D eigenvalue weighted by atomic mass is 10.1. The second-order valence-electron chi connectivity index (χ2n) is 4.42. The lowest BCUT2D eigenvalue weighted by molar-refractivity contribution is 0.382. The van der Waals surface area contributed by atoms with Crippen LogP contribution in [0.1, 0.15) is 25.6 Å². The number of aromatic nitrogens is 2. The maximum Gasteiger partial charge on any atom is 0.237 e. The smallest absolute Gasteiger partial charge is 0.237 e. The summed E-state index contributed by atoms with van der Waals surface area (Å²) in [4.78, 5) is 4.87. The minimum atomic E-state index is -0.218. The van der Waals surface area contributed by atoms with E-state index in [-0.39, 0.29) is 5.82 Å². The Bertz CT molecular complexity index is 513. The van der Waals surface area contributed by atoms with Crippen LogP contribution in [0.4, 0.5) is 4.39 Å². The SMILES string of the molecule is CC(C)Cc1noc(CSc2ccccc2F)n1. The van der Waals surface area contributed by atoms with Crippen molar-refractivity contribution in [3.63, 3.8) is 0 Å². The van der Waals surface area contributed by atoms with E-state index in [4.69, 9.17) is 4.52 Å². The standard InChI is InChI=1S/C13H15FN2OS/c1-9(2)7-12-15-13(17-16-12)8-18-11-6-4-3-5-10(11)14/h3-6,9H,7-8H2,1-2H3. The van der Waals surface area contributed by atoms with Gasteiger partial charge in [-0.15, -0.1) is 11.8 Å². The van der Waals surface area contributed by atoms with Crippen LogP contribution < -0.4 is 0 Å². The zero-order valence-corrected chi connectivity index (χ0v) is 11.2. The van der Waals surface area contributed by atoms with Gasteiger partial charge in [0.25, 0.3) is 0 Å². The van der Waals surface area contributed by atoms with Crippen LogP contribution in [0.15, 0.2) is 33.7 Å². The van der Waals surface area contributed by atoms with Crippen molar-refractivity contribution in [3.8, 4) is 0 Å². The number of rotatable bonds is 5. The van der Waals surface area contributed by atoms with Crippen molar-refractivity contribution >= 4 is 11.8 Å². The van der Waals surface area contributed by atoms with Crippen LogP contribution in [0.2, 0.25) is 0 Å². The van der Waals surface area contributed by atoms with Crippen molar-refractivity contribution < 1.29 is 8.91 Å². The molecule has 96 valence electrons. The van der Waals surface area contributed by atoms with Crippen LogP contribution in [-0.2, 0) is 12.2 Å². The van der Waals surface area contributed by atoms with Gasteiger partial charge in [0.2, 0.25) is 5.89 Å². The minimum Gasteiger partial charge on any atom is -0.338 e. The van der Waals surface area contributed by atoms with Gasteiger partial charge in [-0.25, -0.2) is 4.39 Å². The maximum atomic E-state index is 13.4. The lowest BCUT2D eigenvalue weighted by Crippen LogP contribution is -1.96. The predicted octanol–water partition coefficient (Wildman–Crippen LogP) is 3.70. The van der Waals surface area contributed by atoms with Crippen molar-refractivity contribution in [2.24, 2.45) is 5.92 Å². The first-order valence-corrected chi connectivity index (χ1v) is 6.82. The van der Waals surface area contributed by atoms with E-state index in [1.807, 2.05) is 6.07 Å². The number of thioether (sulfide) groups is 1. The summed E-state index contributed by atoms with van der Waals surface area (Å²) in [6.07, 6.45) is 0.799. The fraction of sp³-hybridized carbons (Fsp3) is 0.385. The molecule has 0 aliphatic rings. The summed E-state index contributed by atoms with van der Waals surface area (Å²) < 4.78 is 18.5. The maximum absolute atomic E-state index is 13.4. The predicted molar refractivity (Wildman–Crippen MR) is 68.8 cm³/mol. The van der Waals surface area contributed by atoms with E-state index < -0.39 is 0 Å². The third-order valence-corrected chi connectivity index (χ3v) is 3.32. The molecule has 2 aromatic rings. The molecule has 0 amide bonds. The van der Waals surface area contributed by atoms with Crippen molar-refractivity contribution in [1.29, 1.82) is 0 Å². The van der Waals surface area contributed by atoms with Gasteiger partial charge in [0.05, 0.1) is 5.75 Å². The van der Waals surface area contributed by atoms with E-state index in [2.05, 4.69) is 24.0 Å². The summed E-state index contributed by atoms with van der Waals surface area (Å²) in [5.41, 5.74) is 0.